The molecule has 0 saturated heterocycles. The maximum atomic E-state index is 13.9. The van der Waals surface area contributed by atoms with Crippen LogP contribution < -0.4 is 10.4 Å². The van der Waals surface area contributed by atoms with Gasteiger partial charge in [0.15, 0.2) is 10.8 Å². The molecule has 2 aromatic heterocycles. The highest BCUT2D eigenvalue weighted by molar-refractivity contribution is 7.15. The highest BCUT2D eigenvalue weighted by atomic mass is 32.1. The van der Waals surface area contributed by atoms with Gasteiger partial charge < -0.3 is 4.74 Å². The highest BCUT2D eigenvalue weighted by Crippen LogP contribution is 2.31. The maximum Gasteiger partial charge on any atom is 0.350 e. The van der Waals surface area contributed by atoms with E-state index < -0.39 is 17.3 Å². The van der Waals surface area contributed by atoms with Crippen molar-refractivity contribution in [2.75, 3.05) is 0 Å². The molecule has 0 aliphatic rings. The van der Waals surface area contributed by atoms with Crippen molar-refractivity contribution in [3.63, 3.8) is 0 Å². The van der Waals surface area contributed by atoms with Gasteiger partial charge in [0, 0.05) is 12.5 Å². The first kappa shape index (κ1) is 20.6. The van der Waals surface area contributed by atoms with Crippen molar-refractivity contribution in [1.29, 1.82) is 0 Å². The summed E-state index contributed by atoms with van der Waals surface area (Å²) in [7, 11) is 0. The standard InChI is InChI=1S/C21H16F2N4O3S/c1-12-20(31-19(25-12)13(2)28)30-15-8-6-14(7-9-15)27-21(29)26(11-24-27)10-16-17(22)4-3-5-18(16)23/h3-9,11H,10H2,1-2H3. The molecule has 10 heteroatoms. The molecule has 0 unspecified atom stereocenters. The number of benzene rings is 2. The summed E-state index contributed by atoms with van der Waals surface area (Å²) in [5, 5.41) is 4.90. The van der Waals surface area contributed by atoms with Crippen LogP contribution in [0.2, 0.25) is 0 Å². The van der Waals surface area contributed by atoms with Crippen molar-refractivity contribution in [2.45, 2.75) is 20.4 Å². The zero-order valence-corrected chi connectivity index (χ0v) is 17.3. The Kier molecular flexibility index (Phi) is 5.47. The normalized spacial score (nSPS) is 11.0. The van der Waals surface area contributed by atoms with E-state index in [0.717, 1.165) is 32.7 Å². The third kappa shape index (κ3) is 4.15. The van der Waals surface area contributed by atoms with E-state index in [-0.39, 0.29) is 17.9 Å². The van der Waals surface area contributed by atoms with Crippen LogP contribution in [0.25, 0.3) is 5.69 Å². The Morgan fingerprint density at radius 1 is 1.13 bits per heavy atom. The lowest BCUT2D eigenvalue weighted by atomic mass is 10.2. The van der Waals surface area contributed by atoms with Gasteiger partial charge in [0.05, 0.1) is 17.9 Å². The van der Waals surface area contributed by atoms with E-state index in [9.17, 15) is 18.4 Å². The maximum absolute atomic E-state index is 13.9. The first-order chi connectivity index (χ1) is 14.8. The number of Topliss-reactive ketones (excluding diaryl/α,β-unsaturated/α-hetero) is 1. The predicted molar refractivity (Wildman–Crippen MR) is 110 cm³/mol. The molecule has 4 aromatic rings. The Labute approximate surface area is 179 Å². The van der Waals surface area contributed by atoms with E-state index in [1.807, 2.05) is 0 Å². The summed E-state index contributed by atoms with van der Waals surface area (Å²) in [6.07, 6.45) is 1.22. The molecular formula is C21H16F2N4O3S. The van der Waals surface area contributed by atoms with E-state index in [0.29, 0.717) is 27.2 Å². The molecule has 4 rings (SSSR count). The first-order valence-electron chi connectivity index (χ1n) is 9.17. The molecule has 0 radical (unpaired) electrons. The summed E-state index contributed by atoms with van der Waals surface area (Å²) in [5.41, 5.74) is 0.309. The van der Waals surface area contributed by atoms with E-state index in [4.69, 9.17) is 4.74 Å². The van der Waals surface area contributed by atoms with Gasteiger partial charge in [-0.3, -0.25) is 9.36 Å². The van der Waals surface area contributed by atoms with Crippen LogP contribution in [-0.4, -0.2) is 25.1 Å². The van der Waals surface area contributed by atoms with Crippen molar-refractivity contribution in [3.05, 3.63) is 87.2 Å². The summed E-state index contributed by atoms with van der Waals surface area (Å²) in [6.45, 7) is 2.91. The minimum absolute atomic E-state index is 0.136. The number of carbonyl (C=O) groups is 1. The Hall–Kier alpha value is -3.66. The van der Waals surface area contributed by atoms with Gasteiger partial charge in [0.1, 0.15) is 23.7 Å². The summed E-state index contributed by atoms with van der Waals surface area (Å²) in [5.74, 6) is -1.10. The van der Waals surface area contributed by atoms with Crippen LogP contribution in [0.3, 0.4) is 0 Å². The molecule has 0 atom stereocenters. The smallest absolute Gasteiger partial charge is 0.350 e. The Morgan fingerprint density at radius 2 is 1.81 bits per heavy atom. The van der Waals surface area contributed by atoms with Gasteiger partial charge in [-0.25, -0.2) is 18.6 Å². The van der Waals surface area contributed by atoms with Gasteiger partial charge in [-0.15, -0.1) is 0 Å². The number of carbonyl (C=O) groups excluding carboxylic acids is 1. The van der Waals surface area contributed by atoms with Crippen LogP contribution in [0.5, 0.6) is 10.8 Å². The topological polar surface area (TPSA) is 79.0 Å². The molecule has 0 fully saturated rings. The quantitative estimate of drug-likeness (QED) is 0.420. The van der Waals surface area contributed by atoms with Crippen LogP contribution in [0.4, 0.5) is 8.78 Å². The Bertz CT molecular complexity index is 1310. The van der Waals surface area contributed by atoms with Crippen molar-refractivity contribution in [3.8, 4) is 16.5 Å². The van der Waals surface area contributed by atoms with E-state index in [2.05, 4.69) is 10.1 Å². The Morgan fingerprint density at radius 3 is 2.42 bits per heavy atom. The lowest BCUT2D eigenvalue weighted by Gasteiger charge is -2.06. The minimum atomic E-state index is -0.729. The SMILES string of the molecule is CC(=O)c1nc(C)c(Oc2ccc(-n3ncn(Cc4c(F)cccc4F)c3=O)cc2)s1. The number of hydrogen-bond donors (Lipinski definition) is 0. The molecule has 0 aliphatic heterocycles. The number of aryl methyl sites for hydroxylation is 1. The van der Waals surface area contributed by atoms with Crippen LogP contribution >= 0.6 is 11.3 Å². The van der Waals surface area contributed by atoms with E-state index in [1.54, 1.807) is 31.2 Å². The van der Waals surface area contributed by atoms with Crippen LogP contribution in [-0.2, 0) is 6.54 Å². The lowest BCUT2D eigenvalue weighted by molar-refractivity contribution is 0.101. The largest absolute Gasteiger partial charge is 0.445 e. The minimum Gasteiger partial charge on any atom is -0.445 e. The van der Waals surface area contributed by atoms with Crippen LogP contribution in [0.1, 0.15) is 28.0 Å². The average molecular weight is 442 g/mol. The second-order valence-electron chi connectivity index (χ2n) is 6.70. The molecule has 0 aliphatic carbocycles. The molecule has 158 valence electrons. The number of rotatable bonds is 6. The third-order valence-corrected chi connectivity index (χ3v) is 5.61. The number of thiazole rings is 1. The molecule has 7 nitrogen and oxygen atoms in total. The van der Waals surface area contributed by atoms with Crippen LogP contribution in [0.15, 0.2) is 53.6 Å². The number of nitrogens with zero attached hydrogens (tertiary/aromatic N) is 4. The Balaban J connectivity index is 1.55. The highest BCUT2D eigenvalue weighted by Gasteiger charge is 2.15. The fraction of sp³-hybridized carbons (Fsp3) is 0.143. The molecule has 2 heterocycles. The zero-order valence-electron chi connectivity index (χ0n) is 16.5. The van der Waals surface area contributed by atoms with Gasteiger partial charge >= 0.3 is 5.69 Å². The molecule has 0 amide bonds. The summed E-state index contributed by atoms with van der Waals surface area (Å²) in [6, 6.07) is 10.1. The zero-order chi connectivity index (χ0) is 22.1. The lowest BCUT2D eigenvalue weighted by Crippen LogP contribution is -2.24. The fourth-order valence-electron chi connectivity index (χ4n) is 2.86. The van der Waals surface area contributed by atoms with Crippen molar-refractivity contribution >= 4 is 17.1 Å². The number of aromatic nitrogens is 4. The fourth-order valence-corrected chi connectivity index (χ4v) is 3.70. The number of ether oxygens (including phenoxy) is 1. The number of hydrogen-bond acceptors (Lipinski definition) is 6. The number of halogens is 2. The predicted octanol–water partition coefficient (Wildman–Crippen LogP) is 4.12. The van der Waals surface area contributed by atoms with Gasteiger partial charge in [0.25, 0.3) is 0 Å². The first-order valence-corrected chi connectivity index (χ1v) is 9.99. The molecular weight excluding hydrogens is 426 g/mol. The molecule has 0 bridgehead atoms. The van der Waals surface area contributed by atoms with E-state index >= 15 is 0 Å². The van der Waals surface area contributed by atoms with Crippen molar-refractivity contribution < 1.29 is 18.3 Å². The number of ketones is 1. The van der Waals surface area contributed by atoms with Gasteiger partial charge in [-0.1, -0.05) is 17.4 Å². The van der Waals surface area contributed by atoms with Crippen molar-refractivity contribution in [2.24, 2.45) is 0 Å². The second kappa shape index (κ2) is 8.23. The molecule has 0 N–H and O–H groups in total. The van der Waals surface area contributed by atoms with Crippen LogP contribution in [0, 0.1) is 18.6 Å². The van der Waals surface area contributed by atoms with Gasteiger partial charge in [-0.05, 0) is 43.3 Å². The molecule has 0 spiro atoms. The summed E-state index contributed by atoms with van der Waals surface area (Å²) >= 11 is 1.16. The molecule has 31 heavy (non-hydrogen) atoms. The summed E-state index contributed by atoms with van der Waals surface area (Å²) < 4.78 is 35.8. The van der Waals surface area contributed by atoms with Crippen molar-refractivity contribution in [1.82, 2.24) is 19.3 Å². The van der Waals surface area contributed by atoms with Gasteiger partial charge in [0.2, 0.25) is 5.06 Å². The monoisotopic (exact) mass is 442 g/mol. The van der Waals surface area contributed by atoms with E-state index in [1.165, 1.54) is 19.3 Å². The second-order valence-corrected chi connectivity index (χ2v) is 7.66. The third-order valence-electron chi connectivity index (χ3n) is 4.47. The van der Waals surface area contributed by atoms with Gasteiger partial charge in [-0.2, -0.15) is 9.78 Å². The molecule has 0 saturated carbocycles. The molecule has 2 aromatic carbocycles. The average Bonchev–Trinajstić information content (AvgIpc) is 3.28. The summed E-state index contributed by atoms with van der Waals surface area (Å²) in [4.78, 5) is 28.3.